The minimum absolute atomic E-state index is 0.100. The predicted molar refractivity (Wildman–Crippen MR) is 128 cm³/mol. The molecule has 3 aliphatic carbocycles. The predicted octanol–water partition coefficient (Wildman–Crippen LogP) is 6.30. The van der Waals surface area contributed by atoms with Crippen molar-refractivity contribution in [2.24, 2.45) is 40.9 Å². The first-order valence-electron chi connectivity index (χ1n) is 12.8. The van der Waals surface area contributed by atoms with E-state index in [-0.39, 0.29) is 18.0 Å². The minimum atomic E-state index is -0.177. The number of nitrogens with one attached hydrogen (secondary N) is 2. The lowest BCUT2D eigenvalue weighted by Crippen LogP contribution is -2.48. The lowest BCUT2D eigenvalue weighted by molar-refractivity contribution is -0.128. The molecule has 32 heavy (non-hydrogen) atoms. The van der Waals surface area contributed by atoms with Crippen LogP contribution in [0.2, 0.25) is 0 Å². The number of halogens is 1. The topological polar surface area (TPSA) is 65.8 Å². The Morgan fingerprint density at radius 2 is 2.09 bits per heavy atom. The summed E-state index contributed by atoms with van der Waals surface area (Å²) in [6, 6.07) is 1.79. The first-order chi connectivity index (χ1) is 15.5. The molecular formula is C27H40FN3O. The Bertz CT molecular complexity index is 814. The van der Waals surface area contributed by atoms with Gasteiger partial charge in [-0.25, -0.2) is 0 Å². The van der Waals surface area contributed by atoms with Crippen LogP contribution in [0.3, 0.4) is 0 Å². The van der Waals surface area contributed by atoms with E-state index in [1.165, 1.54) is 44.7 Å². The second kappa shape index (κ2) is 10.0. The van der Waals surface area contributed by atoms with E-state index in [1.54, 1.807) is 18.5 Å². The molecule has 4 rings (SSSR count). The summed E-state index contributed by atoms with van der Waals surface area (Å²) < 4.78 is 13.2. The van der Waals surface area contributed by atoms with Crippen molar-refractivity contribution >= 4 is 17.7 Å². The van der Waals surface area contributed by atoms with Crippen LogP contribution in [0.1, 0.15) is 77.2 Å². The van der Waals surface area contributed by atoms with Gasteiger partial charge in [-0.3, -0.25) is 14.2 Å². The van der Waals surface area contributed by atoms with Crippen molar-refractivity contribution in [1.82, 2.24) is 4.98 Å². The van der Waals surface area contributed by atoms with Gasteiger partial charge in [0.2, 0.25) is 0 Å². The molecule has 0 bridgehead atoms. The molecule has 3 saturated carbocycles. The number of hydrogen-bond acceptors (Lipinski definition) is 4. The van der Waals surface area contributed by atoms with Gasteiger partial charge >= 0.3 is 0 Å². The van der Waals surface area contributed by atoms with Gasteiger partial charge in [0.05, 0.1) is 25.1 Å². The number of fused-ring (bicyclic) bond motifs is 3. The molecule has 1 aromatic rings. The van der Waals surface area contributed by atoms with Crippen LogP contribution < -0.4 is 5.32 Å². The van der Waals surface area contributed by atoms with Crippen molar-refractivity contribution < 1.29 is 9.18 Å². The van der Waals surface area contributed by atoms with Gasteiger partial charge < -0.3 is 10.7 Å². The van der Waals surface area contributed by atoms with Crippen LogP contribution >= 0.6 is 0 Å². The van der Waals surface area contributed by atoms with E-state index >= 15 is 0 Å². The fourth-order valence-electron chi connectivity index (χ4n) is 8.03. The van der Waals surface area contributed by atoms with Crippen LogP contribution in [0.15, 0.2) is 18.5 Å². The van der Waals surface area contributed by atoms with Crippen molar-refractivity contribution in [3.63, 3.8) is 0 Å². The number of ketones is 1. The third-order valence-corrected chi connectivity index (χ3v) is 9.47. The highest BCUT2D eigenvalue weighted by Crippen LogP contribution is 2.63. The van der Waals surface area contributed by atoms with Crippen LogP contribution in [-0.2, 0) is 4.79 Å². The zero-order valence-corrected chi connectivity index (χ0v) is 19.8. The number of carbonyl (C=O) groups excluding carboxylic acids is 1. The molecule has 0 saturated heterocycles. The molecule has 7 unspecified atom stereocenters. The summed E-state index contributed by atoms with van der Waals surface area (Å²) in [4.78, 5) is 17.5. The summed E-state index contributed by atoms with van der Waals surface area (Å²) >= 11 is 0. The molecule has 1 aromatic heterocycles. The smallest absolute Gasteiger partial charge is 0.155 e. The Morgan fingerprint density at radius 3 is 2.84 bits per heavy atom. The van der Waals surface area contributed by atoms with Crippen molar-refractivity contribution in [3.05, 3.63) is 24.0 Å². The lowest BCUT2D eigenvalue weighted by Gasteiger charge is -2.54. The average Bonchev–Trinajstić information content (AvgIpc) is 3.16. The van der Waals surface area contributed by atoms with Crippen molar-refractivity contribution in [3.8, 4) is 0 Å². The summed E-state index contributed by atoms with van der Waals surface area (Å²) in [5, 5.41) is 10.8. The number of rotatable bonds is 9. The van der Waals surface area contributed by atoms with Gasteiger partial charge in [0.25, 0.3) is 0 Å². The van der Waals surface area contributed by atoms with Crippen molar-refractivity contribution in [1.29, 1.82) is 5.41 Å². The summed E-state index contributed by atoms with van der Waals surface area (Å²) in [6.45, 7) is 4.79. The number of hydrogen-bond donors (Lipinski definition) is 2. The van der Waals surface area contributed by atoms with E-state index in [0.29, 0.717) is 30.1 Å². The monoisotopic (exact) mass is 441 g/mol. The molecule has 176 valence electrons. The maximum atomic E-state index is 13.4. The van der Waals surface area contributed by atoms with Crippen molar-refractivity contribution in [2.75, 3.05) is 18.5 Å². The zero-order valence-electron chi connectivity index (χ0n) is 19.8. The zero-order chi connectivity index (χ0) is 22.7. The maximum absolute atomic E-state index is 13.4. The van der Waals surface area contributed by atoms with Gasteiger partial charge in [-0.15, -0.1) is 0 Å². The maximum Gasteiger partial charge on any atom is 0.155 e. The van der Waals surface area contributed by atoms with Crippen LogP contribution in [0, 0.1) is 46.3 Å². The molecule has 3 aliphatic rings. The van der Waals surface area contributed by atoms with E-state index in [0.717, 1.165) is 42.3 Å². The van der Waals surface area contributed by atoms with E-state index in [4.69, 9.17) is 5.41 Å². The molecular weight excluding hydrogens is 401 g/mol. The van der Waals surface area contributed by atoms with Crippen LogP contribution in [0.25, 0.3) is 0 Å². The molecule has 0 radical (unpaired) electrons. The first-order valence-corrected chi connectivity index (χ1v) is 12.8. The summed E-state index contributed by atoms with van der Waals surface area (Å²) in [7, 11) is 0. The highest BCUT2D eigenvalue weighted by atomic mass is 19.1. The normalized spacial score (nSPS) is 36.2. The number of aromatic nitrogens is 1. The van der Waals surface area contributed by atoms with Crippen LogP contribution in [0.4, 0.5) is 10.1 Å². The second-order valence-corrected chi connectivity index (χ2v) is 10.8. The van der Waals surface area contributed by atoms with Crippen molar-refractivity contribution in [2.45, 2.75) is 71.6 Å². The highest BCUT2D eigenvalue weighted by Gasteiger charge is 2.57. The van der Waals surface area contributed by atoms with E-state index < -0.39 is 0 Å². The van der Waals surface area contributed by atoms with Gasteiger partial charge in [0, 0.05) is 23.9 Å². The van der Waals surface area contributed by atoms with Gasteiger partial charge in [-0.1, -0.05) is 26.7 Å². The number of pyridine rings is 1. The van der Waals surface area contributed by atoms with Gasteiger partial charge in [0.1, 0.15) is 0 Å². The fourth-order valence-corrected chi connectivity index (χ4v) is 8.03. The highest BCUT2D eigenvalue weighted by molar-refractivity contribution is 5.89. The van der Waals surface area contributed by atoms with E-state index in [9.17, 15) is 9.18 Å². The van der Waals surface area contributed by atoms with Gasteiger partial charge in [0.15, 0.2) is 5.78 Å². The third kappa shape index (κ3) is 4.24. The van der Waals surface area contributed by atoms with Gasteiger partial charge in [-0.05, 0) is 86.0 Å². The standard InChI is InChI=1S/C27H40FN3O/c1-3-4-20-18(10-13-28)5-6-22-21(20)9-12-27(2)23(22)7-8-24(27)26(32)17-31-25-16-30-14-11-19(25)15-29/h11,14-16,18,20-24,29,31H,3-10,12-13,17H2,1-2H3. The summed E-state index contributed by atoms with van der Waals surface area (Å²) in [5.41, 5.74) is 1.62. The Morgan fingerprint density at radius 1 is 1.25 bits per heavy atom. The largest absolute Gasteiger partial charge is 0.376 e. The molecule has 0 amide bonds. The summed E-state index contributed by atoms with van der Waals surface area (Å²) in [5.74, 6) is 3.76. The molecule has 0 spiro atoms. The lowest BCUT2D eigenvalue weighted by atomic mass is 9.50. The molecule has 7 atom stereocenters. The Kier molecular flexibility index (Phi) is 7.31. The quantitative estimate of drug-likeness (QED) is 0.442. The number of carbonyl (C=O) groups is 1. The van der Waals surface area contributed by atoms with Crippen LogP contribution in [0.5, 0.6) is 0 Å². The molecule has 0 aliphatic heterocycles. The molecule has 3 fully saturated rings. The molecule has 1 heterocycles. The SMILES string of the molecule is CCCC1C(CCF)CCC2C1CCC1(C)C(C(=O)CNc3cnccc3C=N)CCC21. The number of anilines is 1. The van der Waals surface area contributed by atoms with E-state index in [1.807, 2.05) is 0 Å². The Balaban J connectivity index is 1.45. The number of alkyl halides is 1. The Labute approximate surface area is 192 Å². The van der Waals surface area contributed by atoms with Crippen LogP contribution in [-0.4, -0.2) is 30.2 Å². The molecule has 4 nitrogen and oxygen atoms in total. The number of Topliss-reactive ketones (excluding diaryl/α,β-unsaturated/α-hetero) is 1. The fraction of sp³-hybridized carbons (Fsp3) is 0.741. The number of nitrogens with zero attached hydrogens (tertiary/aromatic N) is 1. The summed E-state index contributed by atoms with van der Waals surface area (Å²) in [6.07, 6.45) is 14.8. The first kappa shape index (κ1) is 23.4. The average molecular weight is 442 g/mol. The molecule has 0 aromatic carbocycles. The molecule has 5 heteroatoms. The van der Waals surface area contributed by atoms with E-state index in [2.05, 4.69) is 24.1 Å². The third-order valence-electron chi connectivity index (χ3n) is 9.47. The minimum Gasteiger partial charge on any atom is -0.376 e. The molecule has 2 N–H and O–H groups in total. The van der Waals surface area contributed by atoms with Gasteiger partial charge in [-0.2, -0.15) is 0 Å². The Hall–Kier alpha value is -1.78. The second-order valence-electron chi connectivity index (χ2n) is 10.8.